The smallest absolute Gasteiger partial charge is 0.337 e. The monoisotopic (exact) mass is 1130 g/mol. The van der Waals surface area contributed by atoms with E-state index in [1.165, 1.54) is 84.2 Å². The van der Waals surface area contributed by atoms with Gasteiger partial charge in [-0.25, -0.2) is 0 Å². The quantitative estimate of drug-likeness (QED) is 0.0805. The van der Waals surface area contributed by atoms with Gasteiger partial charge < -0.3 is 13.7 Å². The second-order valence-corrected chi connectivity index (χ2v) is 19.5. The van der Waals surface area contributed by atoms with Crippen molar-refractivity contribution in [3.05, 3.63) is 250 Å². The van der Waals surface area contributed by atoms with E-state index in [0.29, 0.717) is 0 Å². The van der Waals surface area contributed by atoms with Gasteiger partial charge >= 0.3 is 20.1 Å². The van der Waals surface area contributed by atoms with Crippen LogP contribution in [0.15, 0.2) is 164 Å². The van der Waals surface area contributed by atoms with Crippen molar-refractivity contribution in [1.29, 1.82) is 0 Å². The molecule has 0 atom stereocenters. The van der Waals surface area contributed by atoms with Gasteiger partial charge in [0, 0.05) is 52.7 Å². The van der Waals surface area contributed by atoms with Crippen LogP contribution in [0.3, 0.4) is 0 Å². The van der Waals surface area contributed by atoms with Crippen LogP contribution in [0, 0.1) is 59.7 Å². The van der Waals surface area contributed by atoms with E-state index >= 15 is 0 Å². The molecule has 6 nitrogen and oxygen atoms in total. The first-order valence-electron chi connectivity index (χ1n) is 25.6. The average molecular weight is 1130 g/mol. The average Bonchev–Trinajstić information content (AvgIpc) is 4.12. The van der Waals surface area contributed by atoms with Crippen molar-refractivity contribution >= 4 is 0 Å². The zero-order chi connectivity index (χ0) is 49.6. The maximum Gasteiger partial charge on any atom is 3.00 e. The Morgan fingerprint density at radius 3 is 0.863 bits per heavy atom. The maximum atomic E-state index is 5.04. The predicted octanol–water partition coefficient (Wildman–Crippen LogP) is 15.0. The van der Waals surface area contributed by atoms with Crippen molar-refractivity contribution in [2.75, 3.05) is 0 Å². The summed E-state index contributed by atoms with van der Waals surface area (Å²) >= 11 is 0. The molecule has 0 aliphatic carbocycles. The molecule has 0 N–H and O–H groups in total. The first-order chi connectivity index (χ1) is 35.2. The molecule has 366 valence electrons. The van der Waals surface area contributed by atoms with E-state index in [9.17, 15) is 0 Å². The van der Waals surface area contributed by atoms with Crippen LogP contribution in [0.5, 0.6) is 0 Å². The minimum absolute atomic E-state index is 0. The van der Waals surface area contributed by atoms with Gasteiger partial charge in [-0.1, -0.05) is 72.8 Å². The zero-order valence-corrected chi connectivity index (χ0v) is 45.4. The Hall–Kier alpha value is -7.18. The number of nitrogens with zero attached hydrogens (tertiary/aromatic N) is 6. The van der Waals surface area contributed by atoms with Crippen molar-refractivity contribution in [3.8, 4) is 51.2 Å². The molecule has 3 heterocycles. The van der Waals surface area contributed by atoms with Gasteiger partial charge in [0.25, 0.3) is 0 Å². The summed E-state index contributed by atoms with van der Waals surface area (Å²) in [4.78, 5) is 15.1. The fraction of sp³-hybridized carbons (Fsp3) is 0.227. The first kappa shape index (κ1) is 50.7. The molecule has 0 saturated heterocycles. The van der Waals surface area contributed by atoms with Crippen molar-refractivity contribution in [2.45, 2.75) is 99.3 Å². The number of hydrogen-bond donors (Lipinski definition) is 0. The minimum atomic E-state index is 0. The molecule has 10 aromatic rings. The van der Waals surface area contributed by atoms with E-state index in [1.54, 1.807) is 0 Å². The Morgan fingerprint density at radius 2 is 0.616 bits per heavy atom. The largest absolute Gasteiger partial charge is 3.00 e. The Morgan fingerprint density at radius 1 is 0.342 bits per heavy atom. The number of rotatable bonds is 18. The standard InChI is InChI=1S/C66H63N6.Ir/c1-46-22-16-23-47(2)61(46)70-58(43-67-64(70)55-31-10-7-11-32-55)37-19-28-52-40-53(29-20-38-59-44-68-65(56-33-12-8-13-34-56)71(59)62-48(3)24-17-25-49(62)4)42-54(41-52)30-21-39-60-45-69-66(57-35-14-9-15-36-57)72(60)63-50(5)26-18-27-51(63)6;/h7-18,22-27,31,33,35,40-45H,19-21,28-30,37-39H2,1-6H3;/q-3;+3. The van der Waals surface area contributed by atoms with Crippen molar-refractivity contribution in [3.63, 3.8) is 0 Å². The molecule has 10 rings (SSSR count). The predicted molar refractivity (Wildman–Crippen MR) is 294 cm³/mol. The summed E-state index contributed by atoms with van der Waals surface area (Å²) < 4.78 is 7.15. The molecule has 73 heavy (non-hydrogen) atoms. The Bertz CT molecular complexity index is 3020. The molecule has 0 spiro atoms. The molecular formula is C66H63IrN6. The molecule has 7 aromatic carbocycles. The summed E-state index contributed by atoms with van der Waals surface area (Å²) in [6.07, 6.45) is 14.9. The third-order valence-electron chi connectivity index (χ3n) is 14.2. The van der Waals surface area contributed by atoms with E-state index in [0.717, 1.165) is 92.0 Å². The molecule has 0 aliphatic heterocycles. The third kappa shape index (κ3) is 11.1. The maximum absolute atomic E-state index is 5.04. The second kappa shape index (κ2) is 23.1. The first-order valence-corrected chi connectivity index (χ1v) is 25.6. The van der Waals surface area contributed by atoms with E-state index in [4.69, 9.17) is 15.0 Å². The van der Waals surface area contributed by atoms with Crippen molar-refractivity contribution < 1.29 is 20.1 Å². The van der Waals surface area contributed by atoms with Crippen LogP contribution in [-0.4, -0.2) is 28.7 Å². The Balaban J connectivity index is 0.00000656. The van der Waals surface area contributed by atoms with Crippen molar-refractivity contribution in [2.24, 2.45) is 0 Å². The van der Waals surface area contributed by atoms with E-state index < -0.39 is 0 Å². The molecule has 0 unspecified atom stereocenters. The summed E-state index contributed by atoms with van der Waals surface area (Å²) in [7, 11) is 0. The van der Waals surface area contributed by atoms with Gasteiger partial charge in [0.2, 0.25) is 0 Å². The van der Waals surface area contributed by atoms with Gasteiger partial charge in [0.15, 0.2) is 0 Å². The molecule has 7 heteroatoms. The van der Waals surface area contributed by atoms with Gasteiger partial charge in [-0.15, -0.1) is 108 Å². The third-order valence-corrected chi connectivity index (χ3v) is 14.2. The number of aromatic nitrogens is 6. The summed E-state index contributed by atoms with van der Waals surface area (Å²) in [5, 5.41) is 0. The molecule has 0 radical (unpaired) electrons. The normalized spacial score (nSPS) is 11.3. The van der Waals surface area contributed by atoms with Crippen molar-refractivity contribution in [1.82, 2.24) is 28.7 Å². The molecular weight excluding hydrogens is 1070 g/mol. The molecule has 0 bridgehead atoms. The fourth-order valence-corrected chi connectivity index (χ4v) is 10.8. The van der Waals surface area contributed by atoms with Crippen LogP contribution in [-0.2, 0) is 58.6 Å². The van der Waals surface area contributed by atoms with Gasteiger partial charge in [0.05, 0.1) is 17.5 Å². The molecule has 0 aliphatic rings. The number of para-hydroxylation sites is 3. The minimum Gasteiger partial charge on any atom is -0.337 e. The van der Waals surface area contributed by atoms with Crippen LogP contribution in [0.1, 0.15) is 86.4 Å². The molecule has 0 fully saturated rings. The second-order valence-electron chi connectivity index (χ2n) is 19.5. The Kier molecular flexibility index (Phi) is 16.1. The number of imidazole rings is 3. The van der Waals surface area contributed by atoms with Gasteiger partial charge in [-0.2, -0.15) is 0 Å². The van der Waals surface area contributed by atoms with Crippen LogP contribution >= 0.6 is 0 Å². The summed E-state index contributed by atoms with van der Waals surface area (Å²) in [6, 6.07) is 61.9. The summed E-state index contributed by atoms with van der Waals surface area (Å²) in [5.74, 6) is 2.81. The number of aryl methyl sites for hydroxylation is 12. The van der Waals surface area contributed by atoms with E-state index in [1.807, 2.05) is 36.4 Å². The van der Waals surface area contributed by atoms with Crippen LogP contribution < -0.4 is 0 Å². The Labute approximate surface area is 446 Å². The summed E-state index contributed by atoms with van der Waals surface area (Å²) in [6.45, 7) is 13.2. The molecule has 0 amide bonds. The van der Waals surface area contributed by atoms with Gasteiger partial charge in [-0.3, -0.25) is 15.0 Å². The molecule has 3 aromatic heterocycles. The van der Waals surface area contributed by atoms with Crippen LogP contribution in [0.25, 0.3) is 51.2 Å². The van der Waals surface area contributed by atoms with Gasteiger partial charge in [0.1, 0.15) is 0 Å². The van der Waals surface area contributed by atoms with Crippen LogP contribution in [0.4, 0.5) is 0 Å². The number of benzene rings is 7. The zero-order valence-electron chi connectivity index (χ0n) is 43.0. The number of hydrogen-bond acceptors (Lipinski definition) is 3. The van der Waals surface area contributed by atoms with Gasteiger partial charge in [-0.05, 0) is 149 Å². The van der Waals surface area contributed by atoms with E-state index in [2.05, 4.69) is 201 Å². The fourth-order valence-electron chi connectivity index (χ4n) is 10.8. The van der Waals surface area contributed by atoms with E-state index in [-0.39, 0.29) is 20.1 Å². The topological polar surface area (TPSA) is 53.5 Å². The SMILES string of the molecule is Cc1cccc(C)c1-n1c(CCCc2cc(CCCc3cnc(-c4[c-]cccc4)n3-c3c(C)cccc3C)cc(CCCc3cnc(-c4[c-]cccc4)n3-c3c(C)cccc3C)c2)cnc1-c1[c-]cccc1.[Ir+3]. The molecule has 0 saturated carbocycles. The van der Waals surface area contributed by atoms with Crippen LogP contribution in [0.2, 0.25) is 0 Å². The summed E-state index contributed by atoms with van der Waals surface area (Å²) in [5.41, 5.74) is 21.9.